The van der Waals surface area contributed by atoms with Crippen LogP contribution in [0.1, 0.15) is 43.3 Å². The highest BCUT2D eigenvalue weighted by Gasteiger charge is 2.34. The molecular weight excluding hydrogens is 274 g/mol. The SMILES string of the molecule is Cc1ccc(-c2nc(C3CC(=O)N(C(C)C)C3)[nH]c2C)cc1. The van der Waals surface area contributed by atoms with Crippen LogP contribution in [-0.4, -0.2) is 33.4 Å². The van der Waals surface area contributed by atoms with Gasteiger partial charge in [-0.15, -0.1) is 0 Å². The summed E-state index contributed by atoms with van der Waals surface area (Å²) in [7, 11) is 0. The fraction of sp³-hybridized carbons (Fsp3) is 0.444. The normalized spacial score (nSPS) is 18.5. The van der Waals surface area contributed by atoms with Gasteiger partial charge in [-0.2, -0.15) is 0 Å². The van der Waals surface area contributed by atoms with Gasteiger partial charge < -0.3 is 9.88 Å². The number of nitrogens with zero attached hydrogens (tertiary/aromatic N) is 2. The number of rotatable bonds is 3. The predicted molar refractivity (Wildman–Crippen MR) is 87.7 cm³/mol. The highest BCUT2D eigenvalue weighted by Crippen LogP contribution is 2.30. The van der Waals surface area contributed by atoms with Crippen molar-refractivity contribution in [2.45, 2.75) is 46.1 Å². The Kier molecular flexibility index (Phi) is 3.77. The monoisotopic (exact) mass is 297 g/mol. The van der Waals surface area contributed by atoms with Crippen molar-refractivity contribution in [1.82, 2.24) is 14.9 Å². The first-order chi connectivity index (χ1) is 10.5. The van der Waals surface area contributed by atoms with E-state index in [1.165, 1.54) is 5.56 Å². The van der Waals surface area contributed by atoms with E-state index in [9.17, 15) is 4.79 Å². The van der Waals surface area contributed by atoms with Crippen LogP contribution in [0.5, 0.6) is 0 Å². The molecule has 3 rings (SSSR count). The second-order valence-electron chi connectivity index (χ2n) is 6.50. The molecule has 1 aromatic heterocycles. The molecule has 1 atom stereocenters. The zero-order chi connectivity index (χ0) is 15.9. The van der Waals surface area contributed by atoms with E-state index in [4.69, 9.17) is 4.98 Å². The number of aryl methyl sites for hydroxylation is 2. The lowest BCUT2D eigenvalue weighted by molar-refractivity contribution is -0.129. The molecule has 1 aliphatic heterocycles. The first kappa shape index (κ1) is 14.8. The van der Waals surface area contributed by atoms with E-state index in [0.29, 0.717) is 6.42 Å². The Balaban J connectivity index is 1.87. The molecule has 116 valence electrons. The Bertz CT molecular complexity index is 685. The maximum atomic E-state index is 12.1. The number of carbonyl (C=O) groups is 1. The molecule has 2 aromatic rings. The zero-order valence-corrected chi connectivity index (χ0v) is 13.7. The molecule has 1 aromatic carbocycles. The van der Waals surface area contributed by atoms with Crippen LogP contribution in [0.2, 0.25) is 0 Å². The minimum absolute atomic E-state index is 0.174. The number of H-pyrrole nitrogens is 1. The fourth-order valence-electron chi connectivity index (χ4n) is 3.08. The van der Waals surface area contributed by atoms with Crippen molar-refractivity contribution >= 4 is 5.91 Å². The lowest BCUT2D eigenvalue weighted by atomic mass is 10.1. The number of hydrogen-bond acceptors (Lipinski definition) is 2. The van der Waals surface area contributed by atoms with Gasteiger partial charge in [0.2, 0.25) is 5.91 Å². The lowest BCUT2D eigenvalue weighted by Crippen LogP contribution is -2.31. The van der Waals surface area contributed by atoms with E-state index in [1.807, 2.05) is 11.8 Å². The zero-order valence-electron chi connectivity index (χ0n) is 13.7. The van der Waals surface area contributed by atoms with Crippen LogP contribution in [0.15, 0.2) is 24.3 Å². The number of carbonyl (C=O) groups excluding carboxylic acids is 1. The van der Waals surface area contributed by atoms with Gasteiger partial charge in [-0.05, 0) is 27.7 Å². The maximum Gasteiger partial charge on any atom is 0.223 e. The quantitative estimate of drug-likeness (QED) is 0.943. The summed E-state index contributed by atoms with van der Waals surface area (Å²) in [6.45, 7) is 9.01. The van der Waals surface area contributed by atoms with E-state index in [2.05, 4.69) is 50.0 Å². The average molecular weight is 297 g/mol. The summed E-state index contributed by atoms with van der Waals surface area (Å²) in [5.41, 5.74) is 4.42. The van der Waals surface area contributed by atoms with E-state index in [1.54, 1.807) is 0 Å². The van der Waals surface area contributed by atoms with Crippen LogP contribution < -0.4 is 0 Å². The number of nitrogens with one attached hydrogen (secondary N) is 1. The van der Waals surface area contributed by atoms with Crippen LogP contribution >= 0.6 is 0 Å². The standard InChI is InChI=1S/C18H23N3O/c1-11(2)21-10-15(9-16(21)22)18-19-13(4)17(20-18)14-7-5-12(3)6-8-14/h5-8,11,15H,9-10H2,1-4H3,(H,19,20). The van der Waals surface area contributed by atoms with Crippen molar-refractivity contribution < 1.29 is 4.79 Å². The molecule has 1 unspecified atom stereocenters. The number of hydrogen-bond donors (Lipinski definition) is 1. The molecule has 4 heteroatoms. The van der Waals surface area contributed by atoms with Crippen molar-refractivity contribution in [3.8, 4) is 11.3 Å². The predicted octanol–water partition coefficient (Wildman–Crippen LogP) is 3.42. The summed E-state index contributed by atoms with van der Waals surface area (Å²) in [5.74, 6) is 1.34. The molecule has 2 heterocycles. The minimum Gasteiger partial charge on any atom is -0.345 e. The molecule has 0 saturated carbocycles. The average Bonchev–Trinajstić information content (AvgIpc) is 3.03. The summed E-state index contributed by atoms with van der Waals surface area (Å²) in [4.78, 5) is 22.2. The van der Waals surface area contributed by atoms with Gasteiger partial charge >= 0.3 is 0 Å². The van der Waals surface area contributed by atoms with Gasteiger partial charge in [0, 0.05) is 36.2 Å². The van der Waals surface area contributed by atoms with Gasteiger partial charge in [0.15, 0.2) is 0 Å². The number of benzene rings is 1. The number of imidazole rings is 1. The molecule has 4 nitrogen and oxygen atoms in total. The summed E-state index contributed by atoms with van der Waals surface area (Å²) in [6.07, 6.45) is 0.554. The smallest absolute Gasteiger partial charge is 0.223 e. The molecular formula is C18H23N3O. The molecule has 22 heavy (non-hydrogen) atoms. The second kappa shape index (κ2) is 5.59. The highest BCUT2D eigenvalue weighted by molar-refractivity contribution is 5.80. The summed E-state index contributed by atoms with van der Waals surface area (Å²) >= 11 is 0. The van der Waals surface area contributed by atoms with Crippen LogP contribution in [0.25, 0.3) is 11.3 Å². The molecule has 0 radical (unpaired) electrons. The molecule has 1 aliphatic rings. The molecule has 0 aliphatic carbocycles. The van der Waals surface area contributed by atoms with Crippen LogP contribution in [0.3, 0.4) is 0 Å². The third kappa shape index (κ3) is 2.65. The Labute approximate surface area is 131 Å². The van der Waals surface area contributed by atoms with Crippen molar-refractivity contribution in [3.63, 3.8) is 0 Å². The second-order valence-corrected chi connectivity index (χ2v) is 6.50. The van der Waals surface area contributed by atoms with Gasteiger partial charge in [-0.3, -0.25) is 4.79 Å². The van der Waals surface area contributed by atoms with E-state index >= 15 is 0 Å². The third-order valence-electron chi connectivity index (χ3n) is 4.40. The Morgan fingerprint density at radius 3 is 2.50 bits per heavy atom. The van der Waals surface area contributed by atoms with Crippen molar-refractivity contribution in [1.29, 1.82) is 0 Å². The molecule has 1 saturated heterocycles. The number of aromatic nitrogens is 2. The van der Waals surface area contributed by atoms with E-state index in [-0.39, 0.29) is 17.9 Å². The minimum atomic E-state index is 0.174. The van der Waals surface area contributed by atoms with Gasteiger partial charge in [-0.1, -0.05) is 29.8 Å². The van der Waals surface area contributed by atoms with Gasteiger partial charge in [0.1, 0.15) is 5.82 Å². The summed E-state index contributed by atoms with van der Waals surface area (Å²) < 4.78 is 0. The Morgan fingerprint density at radius 2 is 1.91 bits per heavy atom. The Hall–Kier alpha value is -2.10. The molecule has 1 N–H and O–H groups in total. The van der Waals surface area contributed by atoms with Crippen molar-refractivity contribution in [3.05, 3.63) is 41.3 Å². The van der Waals surface area contributed by atoms with Gasteiger partial charge in [0.25, 0.3) is 0 Å². The Morgan fingerprint density at radius 1 is 1.23 bits per heavy atom. The third-order valence-corrected chi connectivity index (χ3v) is 4.40. The number of amides is 1. The summed E-state index contributed by atoms with van der Waals surface area (Å²) in [6, 6.07) is 8.65. The van der Waals surface area contributed by atoms with Crippen molar-refractivity contribution in [2.24, 2.45) is 0 Å². The highest BCUT2D eigenvalue weighted by atomic mass is 16.2. The van der Waals surface area contributed by atoms with Crippen LogP contribution in [-0.2, 0) is 4.79 Å². The molecule has 0 spiro atoms. The van der Waals surface area contributed by atoms with Crippen LogP contribution in [0.4, 0.5) is 0 Å². The van der Waals surface area contributed by atoms with Gasteiger partial charge in [-0.25, -0.2) is 4.98 Å². The van der Waals surface area contributed by atoms with Gasteiger partial charge in [0.05, 0.1) is 5.69 Å². The molecule has 0 bridgehead atoms. The van der Waals surface area contributed by atoms with E-state index < -0.39 is 0 Å². The first-order valence-corrected chi connectivity index (χ1v) is 7.88. The number of likely N-dealkylation sites (tertiary alicyclic amines) is 1. The van der Waals surface area contributed by atoms with E-state index in [0.717, 1.165) is 29.3 Å². The summed E-state index contributed by atoms with van der Waals surface area (Å²) in [5, 5.41) is 0. The fourth-order valence-corrected chi connectivity index (χ4v) is 3.08. The lowest BCUT2D eigenvalue weighted by Gasteiger charge is -2.20. The molecule has 1 amide bonds. The molecule has 1 fully saturated rings. The largest absolute Gasteiger partial charge is 0.345 e. The maximum absolute atomic E-state index is 12.1. The first-order valence-electron chi connectivity index (χ1n) is 7.88. The topological polar surface area (TPSA) is 49.0 Å². The van der Waals surface area contributed by atoms with Crippen LogP contribution in [0, 0.1) is 13.8 Å². The number of aromatic amines is 1. The van der Waals surface area contributed by atoms with Crippen molar-refractivity contribution in [2.75, 3.05) is 6.54 Å².